The van der Waals surface area contributed by atoms with Crippen LogP contribution in [0.2, 0.25) is 0 Å². The highest BCUT2D eigenvalue weighted by atomic mass is 19.4. The number of rotatable bonds is 8. The predicted octanol–water partition coefficient (Wildman–Crippen LogP) is 2.79. The lowest BCUT2D eigenvalue weighted by molar-refractivity contribution is -0.141. The third-order valence-corrected chi connectivity index (χ3v) is 4.86. The van der Waals surface area contributed by atoms with Crippen molar-refractivity contribution >= 4 is 11.8 Å². The highest BCUT2D eigenvalue weighted by Gasteiger charge is 2.36. The van der Waals surface area contributed by atoms with Crippen molar-refractivity contribution in [2.75, 3.05) is 7.11 Å². The van der Waals surface area contributed by atoms with Gasteiger partial charge in [-0.05, 0) is 42.3 Å². The fourth-order valence-corrected chi connectivity index (χ4v) is 3.08. The van der Waals surface area contributed by atoms with Crippen molar-refractivity contribution in [2.45, 2.75) is 32.2 Å². The van der Waals surface area contributed by atoms with E-state index < -0.39 is 23.8 Å². The lowest BCUT2D eigenvalue weighted by Gasteiger charge is -2.11. The van der Waals surface area contributed by atoms with Gasteiger partial charge in [0.05, 0.1) is 18.8 Å². The molecule has 3 aromatic rings. The Balaban J connectivity index is 1.87. The minimum absolute atomic E-state index is 0.0753. The summed E-state index contributed by atoms with van der Waals surface area (Å²) in [5.74, 6) is -0.521. The van der Waals surface area contributed by atoms with E-state index in [9.17, 15) is 22.8 Å². The number of hydrogen-bond acceptors (Lipinski definition) is 5. The summed E-state index contributed by atoms with van der Waals surface area (Å²) in [6.07, 6.45) is -4.74. The Morgan fingerprint density at radius 2 is 1.71 bits per heavy atom. The van der Waals surface area contributed by atoms with E-state index in [4.69, 9.17) is 10.5 Å². The lowest BCUT2D eigenvalue weighted by Crippen LogP contribution is -2.37. The van der Waals surface area contributed by atoms with Crippen LogP contribution >= 0.6 is 0 Å². The first kappa shape index (κ1) is 24.8. The maximum Gasteiger partial charge on any atom is 0.435 e. The SMILES string of the molecule is COc1cccc(CNC(=O)c2cc(C(F)(F)F)nn2-c2cccc(CNC(=O)[C@H](C)N)c2)c1. The van der Waals surface area contributed by atoms with Crippen LogP contribution in [0.3, 0.4) is 0 Å². The summed E-state index contributed by atoms with van der Waals surface area (Å²) in [4.78, 5) is 24.6. The molecule has 34 heavy (non-hydrogen) atoms. The largest absolute Gasteiger partial charge is 0.497 e. The van der Waals surface area contributed by atoms with Crippen LogP contribution in [-0.2, 0) is 24.1 Å². The average molecular weight is 475 g/mol. The third-order valence-electron chi connectivity index (χ3n) is 4.86. The number of carbonyl (C=O) groups is 2. The maximum absolute atomic E-state index is 13.4. The molecule has 2 amide bonds. The lowest BCUT2D eigenvalue weighted by atomic mass is 10.2. The van der Waals surface area contributed by atoms with E-state index in [1.54, 1.807) is 36.4 Å². The number of nitrogens with two attached hydrogens (primary N) is 1. The molecule has 2 aromatic carbocycles. The number of alkyl halides is 3. The quantitative estimate of drug-likeness (QED) is 0.464. The summed E-state index contributed by atoms with van der Waals surface area (Å²) in [5.41, 5.74) is 5.57. The molecule has 1 heterocycles. The second-order valence-electron chi connectivity index (χ2n) is 7.53. The van der Waals surface area contributed by atoms with Gasteiger partial charge in [0.15, 0.2) is 5.69 Å². The van der Waals surface area contributed by atoms with Gasteiger partial charge in [-0.3, -0.25) is 9.59 Å². The zero-order valence-corrected chi connectivity index (χ0v) is 18.5. The molecule has 180 valence electrons. The summed E-state index contributed by atoms with van der Waals surface area (Å²) >= 11 is 0. The molecule has 0 fully saturated rings. The Bertz CT molecular complexity index is 1170. The van der Waals surface area contributed by atoms with Gasteiger partial charge >= 0.3 is 6.18 Å². The molecular formula is C23H24F3N5O3. The fraction of sp³-hybridized carbons (Fsp3) is 0.261. The maximum atomic E-state index is 13.4. The third kappa shape index (κ3) is 6.13. The highest BCUT2D eigenvalue weighted by Crippen LogP contribution is 2.29. The van der Waals surface area contributed by atoms with Gasteiger partial charge in [0.25, 0.3) is 5.91 Å². The second kappa shape index (κ2) is 10.4. The van der Waals surface area contributed by atoms with E-state index >= 15 is 0 Å². The molecule has 0 saturated carbocycles. The summed E-state index contributed by atoms with van der Waals surface area (Å²) in [7, 11) is 1.51. The number of carbonyl (C=O) groups excluding carboxylic acids is 2. The Morgan fingerprint density at radius 1 is 1.06 bits per heavy atom. The second-order valence-corrected chi connectivity index (χ2v) is 7.53. The van der Waals surface area contributed by atoms with E-state index in [1.807, 2.05) is 0 Å². The Kier molecular flexibility index (Phi) is 7.57. The van der Waals surface area contributed by atoms with Crippen LogP contribution < -0.4 is 21.1 Å². The molecule has 1 aromatic heterocycles. The van der Waals surface area contributed by atoms with Crippen LogP contribution in [0.4, 0.5) is 13.2 Å². The Morgan fingerprint density at radius 3 is 2.35 bits per heavy atom. The summed E-state index contributed by atoms with van der Waals surface area (Å²) in [6, 6.07) is 13.3. The van der Waals surface area contributed by atoms with E-state index in [0.717, 1.165) is 4.68 Å². The van der Waals surface area contributed by atoms with Crippen LogP contribution in [0.15, 0.2) is 54.6 Å². The number of benzene rings is 2. The molecule has 0 saturated heterocycles. The van der Waals surface area contributed by atoms with Crippen molar-refractivity contribution in [1.29, 1.82) is 0 Å². The first-order valence-electron chi connectivity index (χ1n) is 10.3. The first-order chi connectivity index (χ1) is 16.1. The smallest absolute Gasteiger partial charge is 0.435 e. The number of aromatic nitrogens is 2. The van der Waals surface area contributed by atoms with Crippen LogP contribution in [0.25, 0.3) is 5.69 Å². The minimum atomic E-state index is -4.74. The molecule has 8 nitrogen and oxygen atoms in total. The Labute approximate surface area is 193 Å². The summed E-state index contributed by atoms with van der Waals surface area (Å²) in [5, 5.41) is 8.87. The van der Waals surface area contributed by atoms with Crippen molar-refractivity contribution in [2.24, 2.45) is 5.73 Å². The molecule has 0 aliphatic carbocycles. The zero-order valence-electron chi connectivity index (χ0n) is 18.5. The Hall–Kier alpha value is -3.86. The van der Waals surface area contributed by atoms with Gasteiger partial charge in [0.2, 0.25) is 5.91 Å². The number of amides is 2. The fourth-order valence-electron chi connectivity index (χ4n) is 3.08. The standard InChI is InChI=1S/C23H24F3N5O3/c1-14(27)21(32)28-12-15-5-3-7-17(9-15)31-19(11-20(30-31)23(24,25)26)22(33)29-13-16-6-4-8-18(10-16)34-2/h3-11,14H,12-13,27H2,1-2H3,(H,28,32)(H,29,33)/t14-/m0/s1. The van der Waals surface area contributed by atoms with Gasteiger partial charge < -0.3 is 21.1 Å². The molecule has 3 rings (SSSR count). The number of halogens is 3. The van der Waals surface area contributed by atoms with Gasteiger partial charge in [-0.15, -0.1) is 0 Å². The van der Waals surface area contributed by atoms with Crippen molar-refractivity contribution in [1.82, 2.24) is 20.4 Å². The molecule has 0 spiro atoms. The van der Waals surface area contributed by atoms with Crippen LogP contribution in [-0.4, -0.2) is 34.7 Å². The molecule has 0 aliphatic heterocycles. The molecule has 0 unspecified atom stereocenters. The number of nitrogens with zero attached hydrogens (tertiary/aromatic N) is 2. The summed E-state index contributed by atoms with van der Waals surface area (Å²) in [6.45, 7) is 1.72. The van der Waals surface area contributed by atoms with Gasteiger partial charge in [-0.2, -0.15) is 18.3 Å². The number of nitrogens with one attached hydrogen (secondary N) is 2. The van der Waals surface area contributed by atoms with Crippen molar-refractivity contribution in [3.63, 3.8) is 0 Å². The van der Waals surface area contributed by atoms with Gasteiger partial charge in [0, 0.05) is 19.2 Å². The monoisotopic (exact) mass is 475 g/mol. The normalized spacial score (nSPS) is 12.2. The molecular weight excluding hydrogens is 451 g/mol. The number of hydrogen-bond donors (Lipinski definition) is 3. The van der Waals surface area contributed by atoms with Crippen molar-refractivity contribution in [3.05, 3.63) is 77.1 Å². The van der Waals surface area contributed by atoms with Crippen LogP contribution in [0.5, 0.6) is 5.75 Å². The van der Waals surface area contributed by atoms with Gasteiger partial charge in [0.1, 0.15) is 11.4 Å². The molecule has 11 heteroatoms. The highest BCUT2D eigenvalue weighted by molar-refractivity contribution is 5.93. The van der Waals surface area contributed by atoms with E-state index in [1.165, 1.54) is 26.2 Å². The van der Waals surface area contributed by atoms with Gasteiger partial charge in [-0.1, -0.05) is 24.3 Å². The minimum Gasteiger partial charge on any atom is -0.497 e. The van der Waals surface area contributed by atoms with E-state index in [0.29, 0.717) is 22.9 Å². The molecule has 1 atom stereocenters. The molecule has 4 N–H and O–H groups in total. The van der Waals surface area contributed by atoms with Crippen molar-refractivity contribution in [3.8, 4) is 11.4 Å². The summed E-state index contributed by atoms with van der Waals surface area (Å²) < 4.78 is 46.2. The van der Waals surface area contributed by atoms with Gasteiger partial charge in [-0.25, -0.2) is 4.68 Å². The predicted molar refractivity (Wildman–Crippen MR) is 118 cm³/mol. The number of ether oxygens (including phenoxy) is 1. The topological polar surface area (TPSA) is 111 Å². The number of methoxy groups -OCH3 is 1. The molecule has 0 aliphatic rings. The van der Waals surface area contributed by atoms with E-state index in [2.05, 4.69) is 15.7 Å². The zero-order chi connectivity index (χ0) is 24.9. The van der Waals surface area contributed by atoms with Crippen LogP contribution in [0.1, 0.15) is 34.2 Å². The average Bonchev–Trinajstić information content (AvgIpc) is 3.27. The molecule has 0 bridgehead atoms. The van der Waals surface area contributed by atoms with Crippen LogP contribution in [0, 0.1) is 0 Å². The van der Waals surface area contributed by atoms with E-state index in [-0.39, 0.29) is 30.4 Å². The first-order valence-corrected chi connectivity index (χ1v) is 10.3. The van der Waals surface area contributed by atoms with Crippen molar-refractivity contribution < 1.29 is 27.5 Å². The molecule has 0 radical (unpaired) electrons.